The molecule has 2 N–H and O–H groups in total. The number of esters is 1. The van der Waals surface area contributed by atoms with Crippen LogP contribution in [0.3, 0.4) is 0 Å². The van der Waals surface area contributed by atoms with Gasteiger partial charge in [0.05, 0.1) is 13.0 Å². The fourth-order valence-corrected chi connectivity index (χ4v) is 3.59. The van der Waals surface area contributed by atoms with Crippen LogP contribution < -0.4 is 10.9 Å². The maximum Gasteiger partial charge on any atom is 0.328 e. The fraction of sp³-hybridized carbons (Fsp3) is 0.208. The van der Waals surface area contributed by atoms with Crippen LogP contribution in [-0.2, 0) is 25.4 Å². The standard InChI is InChI=1S/C24H21ClN2O6/c25-17-7-5-15(6-8-17)23(29)27-20(24(30)33-10-9-22-31-11-12-32-22)13-16-14-21(28)26-19-4-2-1-3-18(16)19/h1-8,11-12,14,20,22H,9-10,13H2,(H,26,28)(H,27,29). The Balaban J connectivity index is 1.54. The van der Waals surface area contributed by atoms with E-state index in [0.717, 1.165) is 5.39 Å². The third-order valence-corrected chi connectivity index (χ3v) is 5.32. The Kier molecular flexibility index (Phi) is 6.95. The molecule has 1 amide bonds. The van der Waals surface area contributed by atoms with Gasteiger partial charge in [-0.2, -0.15) is 0 Å². The first-order valence-corrected chi connectivity index (χ1v) is 10.7. The van der Waals surface area contributed by atoms with Gasteiger partial charge < -0.3 is 24.5 Å². The molecule has 3 aromatic rings. The molecule has 8 nitrogen and oxygen atoms in total. The van der Waals surface area contributed by atoms with Crippen LogP contribution >= 0.6 is 11.6 Å². The van der Waals surface area contributed by atoms with Gasteiger partial charge in [-0.15, -0.1) is 0 Å². The topological polar surface area (TPSA) is 107 Å². The number of halogens is 1. The number of ether oxygens (including phenoxy) is 3. The number of aromatic amines is 1. The van der Waals surface area contributed by atoms with Crippen molar-refractivity contribution in [3.63, 3.8) is 0 Å². The monoisotopic (exact) mass is 468 g/mol. The summed E-state index contributed by atoms with van der Waals surface area (Å²) < 4.78 is 15.7. The number of benzene rings is 2. The highest BCUT2D eigenvalue weighted by Gasteiger charge is 2.25. The van der Waals surface area contributed by atoms with Gasteiger partial charge in [-0.1, -0.05) is 29.8 Å². The number of hydrogen-bond acceptors (Lipinski definition) is 6. The van der Waals surface area contributed by atoms with Crippen LogP contribution in [0.1, 0.15) is 22.3 Å². The van der Waals surface area contributed by atoms with Crippen molar-refractivity contribution in [2.75, 3.05) is 6.61 Å². The second-order valence-corrected chi connectivity index (χ2v) is 7.81. The summed E-state index contributed by atoms with van der Waals surface area (Å²) >= 11 is 5.90. The van der Waals surface area contributed by atoms with E-state index in [1.807, 2.05) is 12.1 Å². The second-order valence-electron chi connectivity index (χ2n) is 7.37. The molecule has 0 radical (unpaired) electrons. The Labute approximate surface area is 194 Å². The van der Waals surface area contributed by atoms with E-state index >= 15 is 0 Å². The van der Waals surface area contributed by atoms with Gasteiger partial charge in [0.2, 0.25) is 11.8 Å². The van der Waals surface area contributed by atoms with Crippen LogP contribution in [0, 0.1) is 0 Å². The Morgan fingerprint density at radius 1 is 1.09 bits per heavy atom. The number of nitrogens with one attached hydrogen (secondary N) is 2. The van der Waals surface area contributed by atoms with E-state index in [-0.39, 0.29) is 18.6 Å². The van der Waals surface area contributed by atoms with E-state index < -0.39 is 24.2 Å². The molecule has 0 fully saturated rings. The van der Waals surface area contributed by atoms with Gasteiger partial charge in [0.25, 0.3) is 5.91 Å². The predicted octanol–water partition coefficient (Wildman–Crippen LogP) is 3.30. The summed E-state index contributed by atoms with van der Waals surface area (Å²) in [6, 6.07) is 13.9. The predicted molar refractivity (Wildman–Crippen MR) is 122 cm³/mol. The number of hydrogen-bond donors (Lipinski definition) is 2. The average Bonchev–Trinajstić information content (AvgIpc) is 3.32. The summed E-state index contributed by atoms with van der Waals surface area (Å²) in [7, 11) is 0. The molecule has 1 aromatic heterocycles. The fourth-order valence-electron chi connectivity index (χ4n) is 3.47. The molecule has 2 aromatic carbocycles. The van der Waals surface area contributed by atoms with Gasteiger partial charge in [0, 0.05) is 34.0 Å². The van der Waals surface area contributed by atoms with E-state index in [1.54, 1.807) is 36.4 Å². The second kappa shape index (κ2) is 10.2. The highest BCUT2D eigenvalue weighted by molar-refractivity contribution is 6.30. The smallest absolute Gasteiger partial charge is 0.328 e. The zero-order valence-electron chi connectivity index (χ0n) is 17.5. The van der Waals surface area contributed by atoms with Gasteiger partial charge in [0.1, 0.15) is 18.6 Å². The van der Waals surface area contributed by atoms with Crippen molar-refractivity contribution in [3.8, 4) is 0 Å². The lowest BCUT2D eigenvalue weighted by Crippen LogP contribution is -2.43. The molecule has 0 aliphatic carbocycles. The SMILES string of the molecule is O=C(NC(Cc1cc(=O)[nH]c2ccccc12)C(=O)OCCC1OC=CO1)c1ccc(Cl)cc1. The number of rotatable bonds is 8. The van der Waals surface area contributed by atoms with Crippen LogP contribution in [-0.4, -0.2) is 35.8 Å². The minimum Gasteiger partial charge on any atom is -0.464 e. The summed E-state index contributed by atoms with van der Waals surface area (Å²) in [4.78, 5) is 40.6. The lowest BCUT2D eigenvalue weighted by molar-refractivity contribution is -0.148. The van der Waals surface area contributed by atoms with Gasteiger partial charge in [0.15, 0.2) is 0 Å². The summed E-state index contributed by atoms with van der Waals surface area (Å²) in [5.41, 5.74) is 1.29. The van der Waals surface area contributed by atoms with Crippen molar-refractivity contribution in [2.45, 2.75) is 25.2 Å². The highest BCUT2D eigenvalue weighted by atomic mass is 35.5. The number of fused-ring (bicyclic) bond motifs is 1. The first kappa shape index (κ1) is 22.4. The molecule has 1 unspecified atom stereocenters. The van der Waals surface area contributed by atoms with E-state index in [4.69, 9.17) is 25.8 Å². The van der Waals surface area contributed by atoms with Gasteiger partial charge in [-0.05, 0) is 35.9 Å². The van der Waals surface area contributed by atoms with E-state index in [0.29, 0.717) is 28.1 Å². The molecule has 4 rings (SSSR count). The number of amides is 1. The maximum atomic E-state index is 12.9. The van der Waals surface area contributed by atoms with Crippen molar-refractivity contribution in [3.05, 3.63) is 93.6 Å². The number of para-hydroxylation sites is 1. The molecule has 0 saturated heterocycles. The first-order valence-electron chi connectivity index (χ1n) is 10.3. The molecule has 0 bridgehead atoms. The van der Waals surface area contributed by atoms with Gasteiger partial charge in [-0.25, -0.2) is 4.79 Å². The molecule has 2 heterocycles. The molecule has 1 aliphatic rings. The van der Waals surface area contributed by atoms with Crippen LogP contribution in [0.2, 0.25) is 5.02 Å². The van der Waals surface area contributed by atoms with E-state index in [9.17, 15) is 14.4 Å². The molecule has 33 heavy (non-hydrogen) atoms. The number of H-pyrrole nitrogens is 1. The molecule has 0 saturated carbocycles. The summed E-state index contributed by atoms with van der Waals surface area (Å²) in [5.74, 6) is -1.10. The zero-order chi connectivity index (χ0) is 23.2. The summed E-state index contributed by atoms with van der Waals surface area (Å²) in [6.07, 6.45) is 2.71. The molecule has 1 aliphatic heterocycles. The largest absolute Gasteiger partial charge is 0.464 e. The normalized spacial score (nSPS) is 13.8. The summed E-state index contributed by atoms with van der Waals surface area (Å²) in [5, 5.41) is 3.98. The Hall–Kier alpha value is -3.78. The third kappa shape index (κ3) is 5.72. The third-order valence-electron chi connectivity index (χ3n) is 5.07. The van der Waals surface area contributed by atoms with Gasteiger partial charge in [-0.3, -0.25) is 9.59 Å². The van der Waals surface area contributed by atoms with Crippen LogP contribution in [0.5, 0.6) is 0 Å². The molecular weight excluding hydrogens is 448 g/mol. The molecule has 1 atom stereocenters. The molecule has 170 valence electrons. The number of pyridine rings is 1. The first-order chi connectivity index (χ1) is 16.0. The number of carbonyl (C=O) groups is 2. The number of aromatic nitrogens is 1. The van der Waals surface area contributed by atoms with Crippen LogP contribution in [0.15, 0.2) is 71.9 Å². The zero-order valence-corrected chi connectivity index (χ0v) is 18.2. The van der Waals surface area contributed by atoms with Crippen molar-refractivity contribution in [1.82, 2.24) is 10.3 Å². The highest BCUT2D eigenvalue weighted by Crippen LogP contribution is 2.18. The quantitative estimate of drug-likeness (QED) is 0.491. The minimum atomic E-state index is -1.03. The van der Waals surface area contributed by atoms with Crippen molar-refractivity contribution in [1.29, 1.82) is 0 Å². The lowest BCUT2D eigenvalue weighted by Gasteiger charge is -2.19. The Morgan fingerprint density at radius 3 is 2.58 bits per heavy atom. The van der Waals surface area contributed by atoms with E-state index in [1.165, 1.54) is 18.6 Å². The number of carbonyl (C=O) groups excluding carboxylic acids is 2. The maximum absolute atomic E-state index is 12.9. The Morgan fingerprint density at radius 2 is 1.82 bits per heavy atom. The van der Waals surface area contributed by atoms with Crippen molar-refractivity contribution in [2.24, 2.45) is 0 Å². The van der Waals surface area contributed by atoms with Crippen LogP contribution in [0.25, 0.3) is 10.9 Å². The van der Waals surface area contributed by atoms with Gasteiger partial charge >= 0.3 is 5.97 Å². The lowest BCUT2D eigenvalue weighted by atomic mass is 10.0. The van der Waals surface area contributed by atoms with Crippen LogP contribution in [0.4, 0.5) is 0 Å². The Bertz CT molecular complexity index is 1230. The molecule has 9 heteroatoms. The van der Waals surface area contributed by atoms with Crippen molar-refractivity contribution < 1.29 is 23.8 Å². The molecular formula is C24H21ClN2O6. The van der Waals surface area contributed by atoms with E-state index in [2.05, 4.69) is 10.3 Å². The minimum absolute atomic E-state index is 0.0363. The molecule has 0 spiro atoms. The van der Waals surface area contributed by atoms with Crippen molar-refractivity contribution >= 4 is 34.4 Å². The summed E-state index contributed by atoms with van der Waals surface area (Å²) in [6.45, 7) is 0.0363. The average molecular weight is 469 g/mol.